The SMILES string of the molecule is Cc1ccccc1SC1CCN(C(=O)c2ccnc(N)c2)CC1. The average molecular weight is 327 g/mol. The van der Waals surface area contributed by atoms with Gasteiger partial charge in [-0.3, -0.25) is 4.79 Å². The molecular weight excluding hydrogens is 306 g/mol. The maximum absolute atomic E-state index is 12.5. The highest BCUT2D eigenvalue weighted by Gasteiger charge is 2.24. The predicted octanol–water partition coefficient (Wildman–Crippen LogP) is 3.37. The van der Waals surface area contributed by atoms with E-state index in [0.29, 0.717) is 16.6 Å². The maximum atomic E-state index is 12.5. The van der Waals surface area contributed by atoms with E-state index in [-0.39, 0.29) is 5.91 Å². The van der Waals surface area contributed by atoms with Crippen LogP contribution in [0.15, 0.2) is 47.5 Å². The fraction of sp³-hybridized carbons (Fsp3) is 0.333. The van der Waals surface area contributed by atoms with Gasteiger partial charge in [0.2, 0.25) is 0 Å². The monoisotopic (exact) mass is 327 g/mol. The van der Waals surface area contributed by atoms with Crippen LogP contribution < -0.4 is 5.73 Å². The van der Waals surface area contributed by atoms with Gasteiger partial charge in [-0.15, -0.1) is 11.8 Å². The lowest BCUT2D eigenvalue weighted by atomic mass is 10.1. The van der Waals surface area contributed by atoms with Crippen LogP contribution in [-0.4, -0.2) is 34.1 Å². The minimum atomic E-state index is 0.0541. The molecule has 1 aliphatic heterocycles. The van der Waals surface area contributed by atoms with Crippen molar-refractivity contribution in [2.24, 2.45) is 0 Å². The maximum Gasteiger partial charge on any atom is 0.254 e. The number of hydrogen-bond acceptors (Lipinski definition) is 4. The number of hydrogen-bond donors (Lipinski definition) is 1. The third-order valence-electron chi connectivity index (χ3n) is 4.14. The molecule has 2 heterocycles. The van der Waals surface area contributed by atoms with Gasteiger partial charge in [0.1, 0.15) is 5.82 Å². The van der Waals surface area contributed by atoms with Crippen LogP contribution in [-0.2, 0) is 0 Å². The Hall–Kier alpha value is -2.01. The Kier molecular flexibility index (Phi) is 4.86. The second-order valence-electron chi connectivity index (χ2n) is 5.84. The Bertz CT molecular complexity index is 696. The van der Waals surface area contributed by atoms with Crippen molar-refractivity contribution in [3.8, 4) is 0 Å². The standard InChI is InChI=1S/C18H21N3OS/c1-13-4-2-3-5-16(13)23-15-7-10-21(11-8-15)18(22)14-6-9-20-17(19)12-14/h2-6,9,12,15H,7-8,10-11H2,1H3,(H2,19,20). The summed E-state index contributed by atoms with van der Waals surface area (Å²) in [6.45, 7) is 3.74. The lowest BCUT2D eigenvalue weighted by Crippen LogP contribution is -2.39. The first kappa shape index (κ1) is 15.9. The summed E-state index contributed by atoms with van der Waals surface area (Å²) in [5.41, 5.74) is 7.61. The molecule has 1 saturated heterocycles. The van der Waals surface area contributed by atoms with Crippen LogP contribution in [0.5, 0.6) is 0 Å². The van der Waals surface area contributed by atoms with Crippen molar-refractivity contribution in [2.45, 2.75) is 29.9 Å². The summed E-state index contributed by atoms with van der Waals surface area (Å²) in [5.74, 6) is 0.444. The lowest BCUT2D eigenvalue weighted by molar-refractivity contribution is 0.0727. The Balaban J connectivity index is 1.58. The Morgan fingerprint density at radius 1 is 1.26 bits per heavy atom. The number of amides is 1. The zero-order valence-electron chi connectivity index (χ0n) is 13.2. The molecule has 4 nitrogen and oxygen atoms in total. The van der Waals surface area contributed by atoms with E-state index in [4.69, 9.17) is 5.73 Å². The number of carbonyl (C=O) groups is 1. The first-order valence-corrected chi connectivity index (χ1v) is 8.74. The van der Waals surface area contributed by atoms with Crippen molar-refractivity contribution in [3.63, 3.8) is 0 Å². The molecule has 1 aliphatic rings. The Morgan fingerprint density at radius 2 is 2.00 bits per heavy atom. The lowest BCUT2D eigenvalue weighted by Gasteiger charge is -2.32. The van der Waals surface area contributed by atoms with Crippen molar-refractivity contribution >= 4 is 23.5 Å². The molecule has 1 aromatic heterocycles. The summed E-state index contributed by atoms with van der Waals surface area (Å²) in [6.07, 6.45) is 3.62. The first-order chi connectivity index (χ1) is 11.1. The minimum absolute atomic E-state index is 0.0541. The van der Waals surface area contributed by atoms with Gasteiger partial charge in [-0.25, -0.2) is 4.98 Å². The second-order valence-corrected chi connectivity index (χ2v) is 7.19. The molecular formula is C18H21N3OS. The van der Waals surface area contributed by atoms with Crippen LogP contribution in [0.1, 0.15) is 28.8 Å². The summed E-state index contributed by atoms with van der Waals surface area (Å²) >= 11 is 1.94. The fourth-order valence-corrected chi connectivity index (χ4v) is 4.03. The molecule has 0 unspecified atom stereocenters. The van der Waals surface area contributed by atoms with Crippen LogP contribution in [0, 0.1) is 6.92 Å². The number of piperidine rings is 1. The van der Waals surface area contributed by atoms with Crippen molar-refractivity contribution < 1.29 is 4.79 Å². The molecule has 2 aromatic rings. The molecule has 5 heteroatoms. The van der Waals surface area contributed by atoms with Gasteiger partial charge in [0.15, 0.2) is 0 Å². The number of rotatable bonds is 3. The normalized spacial score (nSPS) is 15.6. The molecule has 3 rings (SSSR count). The third kappa shape index (κ3) is 3.85. The van der Waals surface area contributed by atoms with Crippen molar-refractivity contribution in [2.75, 3.05) is 18.8 Å². The van der Waals surface area contributed by atoms with Gasteiger partial charge in [0.05, 0.1) is 0 Å². The zero-order valence-corrected chi connectivity index (χ0v) is 14.1. The fourth-order valence-electron chi connectivity index (χ4n) is 2.81. The molecule has 0 bridgehead atoms. The van der Waals surface area contributed by atoms with E-state index in [1.807, 2.05) is 16.7 Å². The Labute approximate surface area is 141 Å². The molecule has 1 aromatic carbocycles. The number of benzene rings is 1. The van der Waals surface area contributed by atoms with E-state index in [2.05, 4.69) is 36.2 Å². The molecule has 1 fully saturated rings. The molecule has 23 heavy (non-hydrogen) atoms. The highest BCUT2D eigenvalue weighted by Crippen LogP contribution is 2.32. The highest BCUT2D eigenvalue weighted by atomic mass is 32.2. The van der Waals surface area contributed by atoms with E-state index in [9.17, 15) is 4.79 Å². The summed E-state index contributed by atoms with van der Waals surface area (Å²) in [7, 11) is 0. The van der Waals surface area contributed by atoms with Gasteiger partial charge in [0.25, 0.3) is 5.91 Å². The van der Waals surface area contributed by atoms with E-state index in [1.165, 1.54) is 10.5 Å². The van der Waals surface area contributed by atoms with Gasteiger partial charge in [-0.2, -0.15) is 0 Å². The number of pyridine rings is 1. The van der Waals surface area contributed by atoms with Gasteiger partial charge < -0.3 is 10.6 Å². The van der Waals surface area contributed by atoms with E-state index in [1.54, 1.807) is 18.3 Å². The molecule has 120 valence electrons. The van der Waals surface area contributed by atoms with Gasteiger partial charge in [-0.1, -0.05) is 18.2 Å². The zero-order chi connectivity index (χ0) is 16.2. The third-order valence-corrected chi connectivity index (χ3v) is 5.66. The number of nitrogen functional groups attached to an aromatic ring is 1. The Morgan fingerprint density at radius 3 is 2.70 bits per heavy atom. The van der Waals surface area contributed by atoms with Crippen LogP contribution in [0.3, 0.4) is 0 Å². The molecule has 0 spiro atoms. The molecule has 0 saturated carbocycles. The number of aromatic nitrogens is 1. The van der Waals surface area contributed by atoms with E-state index < -0.39 is 0 Å². The smallest absolute Gasteiger partial charge is 0.254 e. The van der Waals surface area contributed by atoms with E-state index >= 15 is 0 Å². The van der Waals surface area contributed by atoms with Crippen LogP contribution in [0.4, 0.5) is 5.82 Å². The summed E-state index contributed by atoms with van der Waals surface area (Å²) in [6, 6.07) is 11.9. The molecule has 0 aliphatic carbocycles. The molecule has 2 N–H and O–H groups in total. The second kappa shape index (κ2) is 7.04. The largest absolute Gasteiger partial charge is 0.384 e. The summed E-state index contributed by atoms with van der Waals surface area (Å²) < 4.78 is 0. The number of anilines is 1. The molecule has 0 radical (unpaired) electrons. The predicted molar refractivity (Wildman–Crippen MR) is 94.6 cm³/mol. The van der Waals surface area contributed by atoms with Crippen LogP contribution in [0.2, 0.25) is 0 Å². The van der Waals surface area contributed by atoms with Gasteiger partial charge in [-0.05, 0) is 43.5 Å². The quantitative estimate of drug-likeness (QED) is 0.939. The highest BCUT2D eigenvalue weighted by molar-refractivity contribution is 8.00. The van der Waals surface area contributed by atoms with Crippen LogP contribution in [0.25, 0.3) is 0 Å². The first-order valence-electron chi connectivity index (χ1n) is 7.86. The number of aryl methyl sites for hydroxylation is 1. The number of nitrogens with zero attached hydrogens (tertiary/aromatic N) is 2. The topological polar surface area (TPSA) is 59.2 Å². The average Bonchev–Trinajstić information content (AvgIpc) is 2.57. The molecule has 0 atom stereocenters. The summed E-state index contributed by atoms with van der Waals surface area (Å²) in [4.78, 5) is 19.7. The number of carbonyl (C=O) groups excluding carboxylic acids is 1. The van der Waals surface area contributed by atoms with Crippen molar-refractivity contribution in [1.29, 1.82) is 0 Å². The van der Waals surface area contributed by atoms with Gasteiger partial charge in [0, 0.05) is 35.0 Å². The number of likely N-dealkylation sites (tertiary alicyclic amines) is 1. The van der Waals surface area contributed by atoms with Crippen molar-refractivity contribution in [1.82, 2.24) is 9.88 Å². The molecule has 1 amide bonds. The van der Waals surface area contributed by atoms with Gasteiger partial charge >= 0.3 is 0 Å². The number of thioether (sulfide) groups is 1. The van der Waals surface area contributed by atoms with Crippen molar-refractivity contribution in [3.05, 3.63) is 53.7 Å². The minimum Gasteiger partial charge on any atom is -0.384 e. The van der Waals surface area contributed by atoms with E-state index in [0.717, 1.165) is 25.9 Å². The number of nitrogens with two attached hydrogens (primary N) is 1. The summed E-state index contributed by atoms with van der Waals surface area (Å²) in [5, 5.41) is 0.572. The van der Waals surface area contributed by atoms with Crippen LogP contribution >= 0.6 is 11.8 Å².